The van der Waals surface area contributed by atoms with Crippen LogP contribution in [0.1, 0.15) is 5.56 Å². The van der Waals surface area contributed by atoms with Gasteiger partial charge < -0.3 is 19.9 Å². The molecule has 1 aromatic heterocycles. The second kappa shape index (κ2) is 7.68. The third-order valence-electron chi connectivity index (χ3n) is 4.15. The number of carbonyl (C=O) groups excluding carboxylic acids is 1. The first-order chi connectivity index (χ1) is 11.8. The molecule has 3 rings (SSSR count). The molecule has 24 heavy (non-hydrogen) atoms. The monoisotopic (exact) mass is 326 g/mol. The number of piperazine rings is 1. The molecule has 1 aliphatic heterocycles. The van der Waals surface area contributed by atoms with Crippen LogP contribution in [0.2, 0.25) is 0 Å². The largest absolute Gasteiger partial charge is 0.497 e. The molecule has 0 aliphatic carbocycles. The molecule has 126 valence electrons. The average Bonchev–Trinajstić information content (AvgIpc) is 2.67. The Morgan fingerprint density at radius 2 is 2.04 bits per heavy atom. The topological polar surface area (TPSA) is 57.7 Å². The summed E-state index contributed by atoms with van der Waals surface area (Å²) in [6, 6.07) is 11.8. The van der Waals surface area contributed by atoms with Crippen LogP contribution in [0, 0.1) is 0 Å². The van der Waals surface area contributed by atoms with E-state index in [4.69, 9.17) is 4.74 Å². The van der Waals surface area contributed by atoms with Crippen LogP contribution >= 0.6 is 0 Å². The molecule has 1 aromatic carbocycles. The quantitative estimate of drug-likeness (QED) is 0.935. The maximum atomic E-state index is 12.3. The molecule has 0 atom stereocenters. The van der Waals surface area contributed by atoms with Gasteiger partial charge in [0.25, 0.3) is 0 Å². The van der Waals surface area contributed by atoms with E-state index in [1.165, 1.54) is 0 Å². The highest BCUT2D eigenvalue weighted by Gasteiger charge is 2.21. The van der Waals surface area contributed by atoms with E-state index in [9.17, 15) is 4.79 Å². The number of benzene rings is 1. The highest BCUT2D eigenvalue weighted by atomic mass is 16.5. The molecule has 0 radical (unpaired) electrons. The van der Waals surface area contributed by atoms with Crippen molar-refractivity contribution in [1.29, 1.82) is 0 Å². The summed E-state index contributed by atoms with van der Waals surface area (Å²) in [5.74, 6) is 0.851. The number of nitrogens with zero attached hydrogens (tertiary/aromatic N) is 3. The van der Waals surface area contributed by atoms with Crippen LogP contribution in [0.15, 0.2) is 48.8 Å². The van der Waals surface area contributed by atoms with Crippen LogP contribution in [-0.4, -0.2) is 49.2 Å². The normalized spacial score (nSPS) is 14.4. The molecule has 0 bridgehead atoms. The van der Waals surface area contributed by atoms with E-state index < -0.39 is 0 Å². The number of anilines is 1. The van der Waals surface area contributed by atoms with E-state index in [0.29, 0.717) is 19.6 Å². The second-order valence-electron chi connectivity index (χ2n) is 5.70. The van der Waals surface area contributed by atoms with Crippen LogP contribution in [0.3, 0.4) is 0 Å². The summed E-state index contributed by atoms with van der Waals surface area (Å²) in [6.07, 6.45) is 3.49. The van der Waals surface area contributed by atoms with Crippen LogP contribution < -0.4 is 15.0 Å². The second-order valence-corrected chi connectivity index (χ2v) is 5.70. The van der Waals surface area contributed by atoms with Crippen LogP contribution in [0.25, 0.3) is 0 Å². The summed E-state index contributed by atoms with van der Waals surface area (Å²) in [4.78, 5) is 20.4. The van der Waals surface area contributed by atoms with E-state index in [1.807, 2.05) is 35.2 Å². The van der Waals surface area contributed by atoms with Crippen LogP contribution in [0.5, 0.6) is 5.75 Å². The number of pyridine rings is 1. The van der Waals surface area contributed by atoms with E-state index in [1.54, 1.807) is 19.5 Å². The van der Waals surface area contributed by atoms with Gasteiger partial charge >= 0.3 is 6.03 Å². The Kier molecular flexibility index (Phi) is 5.15. The van der Waals surface area contributed by atoms with Crippen molar-refractivity contribution in [2.75, 3.05) is 38.2 Å². The number of rotatable bonds is 4. The first kappa shape index (κ1) is 16.1. The zero-order valence-corrected chi connectivity index (χ0v) is 13.8. The molecule has 2 amide bonds. The van der Waals surface area contributed by atoms with Gasteiger partial charge in [0.1, 0.15) is 5.75 Å². The first-order valence-electron chi connectivity index (χ1n) is 8.07. The van der Waals surface area contributed by atoms with E-state index >= 15 is 0 Å². The van der Waals surface area contributed by atoms with Gasteiger partial charge in [-0.3, -0.25) is 4.98 Å². The predicted molar refractivity (Wildman–Crippen MR) is 93.3 cm³/mol. The van der Waals surface area contributed by atoms with Gasteiger partial charge in [-0.1, -0.05) is 12.1 Å². The van der Waals surface area contributed by atoms with Crippen molar-refractivity contribution >= 4 is 11.7 Å². The van der Waals surface area contributed by atoms with Crippen molar-refractivity contribution in [3.63, 3.8) is 0 Å². The molecule has 0 saturated carbocycles. The summed E-state index contributed by atoms with van der Waals surface area (Å²) < 4.78 is 5.27. The number of ether oxygens (including phenoxy) is 1. The number of urea groups is 1. The Morgan fingerprint density at radius 3 is 2.75 bits per heavy atom. The Labute approximate surface area is 142 Å². The number of carbonyl (C=O) groups is 1. The molecular weight excluding hydrogens is 304 g/mol. The summed E-state index contributed by atoms with van der Waals surface area (Å²) in [7, 11) is 1.67. The standard InChI is InChI=1S/C18H22N4O2/c1-24-17-6-2-5-16(12-17)21-8-10-22(11-9-21)18(23)20-14-15-4-3-7-19-13-15/h2-7,12-13H,8-11,14H2,1H3,(H,20,23). The molecular formula is C18H22N4O2. The fourth-order valence-electron chi connectivity index (χ4n) is 2.77. The SMILES string of the molecule is COc1cccc(N2CCN(C(=O)NCc3cccnc3)CC2)c1. The number of methoxy groups -OCH3 is 1. The van der Waals surface area contributed by atoms with Gasteiger partial charge in [0.05, 0.1) is 7.11 Å². The van der Waals surface area contributed by atoms with Crippen LogP contribution in [0.4, 0.5) is 10.5 Å². The molecule has 2 heterocycles. The van der Waals surface area contributed by atoms with Crippen molar-refractivity contribution in [3.8, 4) is 5.75 Å². The lowest BCUT2D eigenvalue weighted by atomic mass is 10.2. The highest BCUT2D eigenvalue weighted by Crippen LogP contribution is 2.22. The molecule has 6 heteroatoms. The minimum atomic E-state index is -0.0239. The summed E-state index contributed by atoms with van der Waals surface area (Å²) in [5.41, 5.74) is 2.13. The van der Waals surface area contributed by atoms with Gasteiger partial charge in [0.15, 0.2) is 0 Å². The third-order valence-corrected chi connectivity index (χ3v) is 4.15. The van der Waals surface area contributed by atoms with Crippen molar-refractivity contribution in [2.45, 2.75) is 6.54 Å². The Morgan fingerprint density at radius 1 is 1.21 bits per heavy atom. The summed E-state index contributed by atoms with van der Waals surface area (Å²) in [6.45, 7) is 3.54. The van der Waals surface area contributed by atoms with Gasteiger partial charge in [-0.25, -0.2) is 4.79 Å². The zero-order valence-electron chi connectivity index (χ0n) is 13.8. The molecule has 1 fully saturated rings. The number of hydrogen-bond acceptors (Lipinski definition) is 4. The Balaban J connectivity index is 1.50. The number of aromatic nitrogens is 1. The first-order valence-corrected chi connectivity index (χ1v) is 8.07. The van der Waals surface area contributed by atoms with Gasteiger partial charge in [-0.05, 0) is 23.8 Å². The molecule has 1 aliphatic rings. The van der Waals surface area contributed by atoms with Crippen molar-refractivity contribution < 1.29 is 9.53 Å². The summed E-state index contributed by atoms with van der Waals surface area (Å²) >= 11 is 0. The highest BCUT2D eigenvalue weighted by molar-refractivity contribution is 5.74. The molecule has 2 aromatic rings. The molecule has 6 nitrogen and oxygen atoms in total. The van der Waals surface area contributed by atoms with Gasteiger partial charge in [0, 0.05) is 56.9 Å². The van der Waals surface area contributed by atoms with Gasteiger partial charge in [-0.2, -0.15) is 0 Å². The van der Waals surface area contributed by atoms with Crippen molar-refractivity contribution in [1.82, 2.24) is 15.2 Å². The van der Waals surface area contributed by atoms with Crippen molar-refractivity contribution in [2.24, 2.45) is 0 Å². The van der Waals surface area contributed by atoms with Gasteiger partial charge in [-0.15, -0.1) is 0 Å². The molecule has 0 spiro atoms. The lowest BCUT2D eigenvalue weighted by Gasteiger charge is -2.36. The maximum Gasteiger partial charge on any atom is 0.317 e. The molecule has 1 saturated heterocycles. The molecule has 0 unspecified atom stereocenters. The van der Waals surface area contributed by atoms with Crippen LogP contribution in [-0.2, 0) is 6.54 Å². The average molecular weight is 326 g/mol. The van der Waals surface area contributed by atoms with E-state index in [0.717, 1.165) is 30.1 Å². The van der Waals surface area contributed by atoms with Crippen molar-refractivity contribution in [3.05, 3.63) is 54.4 Å². The Bertz CT molecular complexity index is 670. The molecule has 1 N–H and O–H groups in total. The van der Waals surface area contributed by atoms with Gasteiger partial charge in [0.2, 0.25) is 0 Å². The smallest absolute Gasteiger partial charge is 0.317 e. The summed E-state index contributed by atoms with van der Waals surface area (Å²) in [5, 5.41) is 2.95. The number of nitrogens with one attached hydrogen (secondary N) is 1. The lowest BCUT2D eigenvalue weighted by molar-refractivity contribution is 0.194. The minimum Gasteiger partial charge on any atom is -0.497 e. The minimum absolute atomic E-state index is 0.0239. The predicted octanol–water partition coefficient (Wildman–Crippen LogP) is 2.12. The number of hydrogen-bond donors (Lipinski definition) is 1. The van der Waals surface area contributed by atoms with E-state index in [-0.39, 0.29) is 6.03 Å². The Hall–Kier alpha value is -2.76. The maximum absolute atomic E-state index is 12.3. The fourth-order valence-corrected chi connectivity index (χ4v) is 2.77. The fraction of sp³-hybridized carbons (Fsp3) is 0.333. The third kappa shape index (κ3) is 3.95. The van der Waals surface area contributed by atoms with E-state index in [2.05, 4.69) is 21.3 Å². The zero-order chi connectivity index (χ0) is 16.8. The number of amides is 2. The lowest BCUT2D eigenvalue weighted by Crippen LogP contribution is -2.51.